The van der Waals surface area contributed by atoms with Gasteiger partial charge in [-0.3, -0.25) is 4.79 Å². The van der Waals surface area contributed by atoms with Crippen molar-refractivity contribution in [3.63, 3.8) is 0 Å². The van der Waals surface area contributed by atoms with E-state index in [0.717, 1.165) is 12.0 Å². The molecule has 0 N–H and O–H groups in total. The first-order chi connectivity index (χ1) is 10.2. The summed E-state index contributed by atoms with van der Waals surface area (Å²) in [6.45, 7) is 0.522. The van der Waals surface area contributed by atoms with Crippen LogP contribution in [0.1, 0.15) is 15.9 Å². The lowest BCUT2D eigenvalue weighted by Gasteiger charge is -2.08. The number of rotatable bonds is 4. The van der Waals surface area contributed by atoms with Gasteiger partial charge < -0.3 is 4.57 Å². The monoisotopic (exact) mass is 301 g/mol. The zero-order chi connectivity index (χ0) is 14.8. The van der Waals surface area contributed by atoms with Crippen LogP contribution >= 0.6 is 11.6 Å². The molecule has 1 heterocycles. The van der Waals surface area contributed by atoms with Crippen LogP contribution in [0.3, 0.4) is 0 Å². The topological polar surface area (TPSA) is 22.0 Å². The molecule has 0 spiro atoms. The lowest BCUT2D eigenvalue weighted by atomic mass is 10.1. The van der Waals surface area contributed by atoms with Crippen molar-refractivity contribution in [2.45, 2.75) is 13.0 Å². The average molecular weight is 302 g/mol. The van der Waals surface area contributed by atoms with Gasteiger partial charge in [0.05, 0.1) is 11.1 Å². The van der Waals surface area contributed by atoms with Gasteiger partial charge in [-0.25, -0.2) is 4.39 Å². The van der Waals surface area contributed by atoms with Gasteiger partial charge in [0.2, 0.25) is 0 Å². The lowest BCUT2D eigenvalue weighted by Crippen LogP contribution is -2.02. The van der Waals surface area contributed by atoms with Crippen LogP contribution in [-0.2, 0) is 13.0 Å². The highest BCUT2D eigenvalue weighted by molar-refractivity contribution is 6.34. The number of benzene rings is 2. The normalized spacial score (nSPS) is 11.0. The molecule has 1 aromatic heterocycles. The maximum atomic E-state index is 14.1. The van der Waals surface area contributed by atoms with E-state index in [0.29, 0.717) is 34.5 Å². The number of hydrogen-bond donors (Lipinski definition) is 0. The summed E-state index contributed by atoms with van der Waals surface area (Å²) >= 11 is 6.26. The number of carbonyl (C=O) groups is 1. The molecule has 0 aliphatic rings. The van der Waals surface area contributed by atoms with Gasteiger partial charge in [-0.05, 0) is 18.1 Å². The molecule has 2 aromatic carbocycles. The number of carbonyl (C=O) groups excluding carboxylic acids is 1. The third kappa shape index (κ3) is 2.45. The van der Waals surface area contributed by atoms with Crippen LogP contribution in [0, 0.1) is 5.82 Å². The Morgan fingerprint density at radius 1 is 1.10 bits per heavy atom. The number of aryl methyl sites for hydroxylation is 2. The van der Waals surface area contributed by atoms with Crippen molar-refractivity contribution in [3.05, 3.63) is 70.6 Å². The minimum absolute atomic E-state index is 0.293. The molecule has 0 saturated carbocycles. The average Bonchev–Trinajstić information content (AvgIpc) is 2.79. The Kier molecular flexibility index (Phi) is 3.76. The molecule has 0 unspecified atom stereocenters. The second-order valence-electron chi connectivity index (χ2n) is 4.85. The summed E-state index contributed by atoms with van der Waals surface area (Å²) in [5, 5.41) is 0.851. The minimum atomic E-state index is -0.365. The van der Waals surface area contributed by atoms with Gasteiger partial charge in [0.15, 0.2) is 6.29 Å². The summed E-state index contributed by atoms with van der Waals surface area (Å²) in [7, 11) is 0. The Morgan fingerprint density at radius 2 is 1.86 bits per heavy atom. The van der Waals surface area contributed by atoms with Crippen molar-refractivity contribution in [1.29, 1.82) is 0 Å². The number of halogens is 2. The van der Waals surface area contributed by atoms with Crippen LogP contribution in [-0.4, -0.2) is 10.9 Å². The van der Waals surface area contributed by atoms with Crippen molar-refractivity contribution in [2.24, 2.45) is 0 Å². The molecule has 3 aromatic rings. The number of fused-ring (bicyclic) bond motifs is 1. The second-order valence-corrected chi connectivity index (χ2v) is 5.20. The molecule has 0 fully saturated rings. The summed E-state index contributed by atoms with van der Waals surface area (Å²) in [5.74, 6) is -0.365. The second kappa shape index (κ2) is 5.70. The standard InChI is InChI=1S/C17H13ClFNO/c18-17-14(11-21)13-7-4-8-15(19)16(13)20(17)10-9-12-5-2-1-3-6-12/h1-8,11H,9-10H2. The van der Waals surface area contributed by atoms with Gasteiger partial charge >= 0.3 is 0 Å². The maximum absolute atomic E-state index is 14.1. The number of nitrogens with zero attached hydrogens (tertiary/aromatic N) is 1. The van der Waals surface area contributed by atoms with E-state index < -0.39 is 0 Å². The third-order valence-electron chi connectivity index (χ3n) is 3.59. The summed E-state index contributed by atoms with van der Waals surface area (Å²) < 4.78 is 15.8. The zero-order valence-corrected chi connectivity index (χ0v) is 12.0. The molecule has 0 radical (unpaired) electrons. The summed E-state index contributed by atoms with van der Waals surface area (Å²) in [4.78, 5) is 11.2. The number of hydrogen-bond acceptors (Lipinski definition) is 1. The zero-order valence-electron chi connectivity index (χ0n) is 11.2. The first-order valence-electron chi connectivity index (χ1n) is 6.67. The van der Waals surface area contributed by atoms with E-state index >= 15 is 0 Å². The molecular weight excluding hydrogens is 289 g/mol. The fraction of sp³-hybridized carbons (Fsp3) is 0.118. The Balaban J connectivity index is 2.05. The van der Waals surface area contributed by atoms with Crippen molar-refractivity contribution in [2.75, 3.05) is 0 Å². The van der Waals surface area contributed by atoms with E-state index in [9.17, 15) is 9.18 Å². The highest BCUT2D eigenvalue weighted by Gasteiger charge is 2.17. The van der Waals surface area contributed by atoms with E-state index in [1.54, 1.807) is 16.7 Å². The van der Waals surface area contributed by atoms with Gasteiger partial charge in [-0.2, -0.15) is 0 Å². The summed E-state index contributed by atoms with van der Waals surface area (Å²) in [5.41, 5.74) is 1.87. The predicted molar refractivity (Wildman–Crippen MR) is 82.4 cm³/mol. The van der Waals surface area contributed by atoms with Crippen LogP contribution in [0.5, 0.6) is 0 Å². The van der Waals surface area contributed by atoms with Crippen molar-refractivity contribution in [1.82, 2.24) is 4.57 Å². The fourth-order valence-electron chi connectivity index (χ4n) is 2.57. The number of aldehydes is 1. The first kappa shape index (κ1) is 13.8. The Labute approximate surface area is 126 Å². The number of para-hydroxylation sites is 1. The van der Waals surface area contributed by atoms with Gasteiger partial charge in [-0.1, -0.05) is 54.1 Å². The van der Waals surface area contributed by atoms with Crippen LogP contribution in [0.4, 0.5) is 4.39 Å². The molecule has 0 bridgehead atoms. The molecule has 2 nitrogen and oxygen atoms in total. The molecule has 106 valence electrons. The highest BCUT2D eigenvalue weighted by atomic mass is 35.5. The van der Waals surface area contributed by atoms with E-state index in [-0.39, 0.29) is 5.82 Å². The quantitative estimate of drug-likeness (QED) is 0.651. The molecule has 21 heavy (non-hydrogen) atoms. The SMILES string of the molecule is O=Cc1c(Cl)n(CCc2ccccc2)c2c(F)cccc12. The molecule has 0 saturated heterocycles. The summed E-state index contributed by atoms with van der Waals surface area (Å²) in [6, 6.07) is 14.6. The van der Waals surface area contributed by atoms with Crippen LogP contribution in [0.2, 0.25) is 5.15 Å². The highest BCUT2D eigenvalue weighted by Crippen LogP contribution is 2.30. The van der Waals surface area contributed by atoms with Gasteiger partial charge in [-0.15, -0.1) is 0 Å². The molecule has 0 aliphatic heterocycles. The minimum Gasteiger partial charge on any atom is -0.328 e. The van der Waals surface area contributed by atoms with E-state index in [2.05, 4.69) is 0 Å². The molecule has 0 atom stereocenters. The van der Waals surface area contributed by atoms with Crippen LogP contribution in [0.25, 0.3) is 10.9 Å². The van der Waals surface area contributed by atoms with Gasteiger partial charge in [0.25, 0.3) is 0 Å². The first-order valence-corrected chi connectivity index (χ1v) is 7.05. The maximum Gasteiger partial charge on any atom is 0.153 e. The Bertz CT molecular complexity index is 795. The lowest BCUT2D eigenvalue weighted by molar-refractivity contribution is 0.112. The Hall–Kier alpha value is -2.13. The molecule has 4 heteroatoms. The Morgan fingerprint density at radius 3 is 2.57 bits per heavy atom. The fourth-order valence-corrected chi connectivity index (χ4v) is 2.88. The van der Waals surface area contributed by atoms with E-state index in [1.807, 2.05) is 30.3 Å². The van der Waals surface area contributed by atoms with Gasteiger partial charge in [0.1, 0.15) is 11.0 Å². The van der Waals surface area contributed by atoms with Crippen molar-refractivity contribution in [3.8, 4) is 0 Å². The predicted octanol–water partition coefficient (Wildman–Crippen LogP) is 4.49. The van der Waals surface area contributed by atoms with E-state index in [4.69, 9.17) is 11.6 Å². The third-order valence-corrected chi connectivity index (χ3v) is 4.00. The number of aromatic nitrogens is 1. The summed E-state index contributed by atoms with van der Waals surface area (Å²) in [6.07, 6.45) is 1.40. The van der Waals surface area contributed by atoms with Crippen molar-refractivity contribution >= 4 is 28.8 Å². The molecule has 3 rings (SSSR count). The van der Waals surface area contributed by atoms with Gasteiger partial charge in [0, 0.05) is 11.9 Å². The molecule has 0 aliphatic carbocycles. The van der Waals surface area contributed by atoms with E-state index in [1.165, 1.54) is 6.07 Å². The molecular formula is C17H13ClFNO. The smallest absolute Gasteiger partial charge is 0.153 e. The van der Waals surface area contributed by atoms with Crippen molar-refractivity contribution < 1.29 is 9.18 Å². The molecule has 0 amide bonds. The van der Waals surface area contributed by atoms with Crippen LogP contribution in [0.15, 0.2) is 48.5 Å². The van der Waals surface area contributed by atoms with Crippen LogP contribution < -0.4 is 0 Å². The largest absolute Gasteiger partial charge is 0.328 e.